The molecule has 7 heteroatoms. The average Bonchev–Trinajstić information content (AvgIpc) is 2.84. The van der Waals surface area contributed by atoms with Gasteiger partial charge in [0.05, 0.1) is 4.92 Å². The van der Waals surface area contributed by atoms with Crippen LogP contribution in [-0.4, -0.2) is 10.8 Å². The number of nitrogens with zero attached hydrogens (tertiary/aromatic N) is 1. The van der Waals surface area contributed by atoms with Gasteiger partial charge in [0.2, 0.25) is 0 Å². The number of furan rings is 1. The Balaban J connectivity index is 1.99. The van der Waals surface area contributed by atoms with Gasteiger partial charge in [0.15, 0.2) is 5.76 Å². The van der Waals surface area contributed by atoms with Crippen molar-refractivity contribution in [2.45, 2.75) is 6.92 Å². The smallest absolute Gasteiger partial charge is 0.292 e. The van der Waals surface area contributed by atoms with Gasteiger partial charge in [-0.3, -0.25) is 14.9 Å². The van der Waals surface area contributed by atoms with Gasteiger partial charge in [-0.15, -0.1) is 0 Å². The molecule has 1 aromatic heterocycles. The second-order valence-electron chi connectivity index (χ2n) is 4.93. The number of anilines is 1. The zero-order chi connectivity index (χ0) is 16.6. The van der Waals surface area contributed by atoms with Crippen LogP contribution < -0.4 is 5.32 Å². The third-order valence-electron chi connectivity index (χ3n) is 3.45. The lowest BCUT2D eigenvalue weighted by molar-refractivity contribution is -0.383. The quantitative estimate of drug-likeness (QED) is 0.584. The Kier molecular flexibility index (Phi) is 3.53. The third kappa shape index (κ3) is 2.64. The number of para-hydroxylation sites is 2. The van der Waals surface area contributed by atoms with Crippen LogP contribution in [0.15, 0.2) is 46.9 Å². The van der Waals surface area contributed by atoms with E-state index in [0.29, 0.717) is 16.5 Å². The number of fused-ring (bicyclic) bond motifs is 1. The van der Waals surface area contributed by atoms with E-state index in [1.54, 1.807) is 13.0 Å². The first-order valence-corrected chi connectivity index (χ1v) is 6.71. The Morgan fingerprint density at radius 2 is 2.00 bits per heavy atom. The topological polar surface area (TPSA) is 85.4 Å². The van der Waals surface area contributed by atoms with E-state index >= 15 is 0 Å². The Bertz CT molecular complexity index is 933. The third-order valence-corrected chi connectivity index (χ3v) is 3.45. The highest BCUT2D eigenvalue weighted by Crippen LogP contribution is 2.28. The largest absolute Gasteiger partial charge is 0.451 e. The summed E-state index contributed by atoms with van der Waals surface area (Å²) in [6.45, 7) is 1.62. The Morgan fingerprint density at radius 3 is 2.74 bits per heavy atom. The molecule has 0 aliphatic heterocycles. The van der Waals surface area contributed by atoms with Crippen LogP contribution in [0.3, 0.4) is 0 Å². The first kappa shape index (κ1) is 14.7. The predicted octanol–water partition coefficient (Wildman–Crippen LogP) is 4.04. The summed E-state index contributed by atoms with van der Waals surface area (Å²) in [5.41, 5.74) is 0.682. The SMILES string of the molecule is Cc1c(C(=O)Nc2ccccc2[N+](=O)[O-])oc2ccc(F)cc12. The van der Waals surface area contributed by atoms with E-state index < -0.39 is 16.6 Å². The Hall–Kier alpha value is -3.22. The van der Waals surface area contributed by atoms with Crippen molar-refractivity contribution in [1.82, 2.24) is 0 Å². The summed E-state index contributed by atoms with van der Waals surface area (Å²) in [4.78, 5) is 22.7. The summed E-state index contributed by atoms with van der Waals surface area (Å²) in [5, 5.41) is 13.9. The van der Waals surface area contributed by atoms with Crippen LogP contribution >= 0.6 is 0 Å². The highest BCUT2D eigenvalue weighted by Gasteiger charge is 2.21. The summed E-state index contributed by atoms with van der Waals surface area (Å²) >= 11 is 0. The molecule has 0 saturated carbocycles. The maximum absolute atomic E-state index is 13.3. The molecule has 1 amide bonds. The van der Waals surface area contributed by atoms with Crippen molar-refractivity contribution >= 4 is 28.3 Å². The normalized spacial score (nSPS) is 10.7. The molecular weight excluding hydrogens is 303 g/mol. The van der Waals surface area contributed by atoms with E-state index in [4.69, 9.17) is 4.42 Å². The Labute approximate surface area is 129 Å². The van der Waals surface area contributed by atoms with Gasteiger partial charge in [0.25, 0.3) is 11.6 Å². The lowest BCUT2D eigenvalue weighted by Gasteiger charge is -2.04. The number of carbonyl (C=O) groups is 1. The van der Waals surface area contributed by atoms with Crippen molar-refractivity contribution < 1.29 is 18.5 Å². The molecule has 0 bridgehead atoms. The van der Waals surface area contributed by atoms with E-state index in [2.05, 4.69) is 5.32 Å². The van der Waals surface area contributed by atoms with Crippen LogP contribution in [-0.2, 0) is 0 Å². The number of halogens is 1. The van der Waals surface area contributed by atoms with Gasteiger partial charge in [-0.05, 0) is 31.2 Å². The van der Waals surface area contributed by atoms with Crippen LogP contribution in [0, 0.1) is 22.9 Å². The predicted molar refractivity (Wildman–Crippen MR) is 82.0 cm³/mol. The maximum atomic E-state index is 13.3. The molecular formula is C16H11FN2O4. The van der Waals surface area contributed by atoms with Gasteiger partial charge < -0.3 is 9.73 Å². The van der Waals surface area contributed by atoms with Gasteiger partial charge >= 0.3 is 0 Å². The number of hydrogen-bond acceptors (Lipinski definition) is 4. The fourth-order valence-electron chi connectivity index (χ4n) is 2.33. The molecule has 0 atom stereocenters. The van der Waals surface area contributed by atoms with Crippen molar-refractivity contribution in [3.63, 3.8) is 0 Å². The molecule has 1 heterocycles. The van der Waals surface area contributed by atoms with E-state index in [1.807, 2.05) is 0 Å². The number of rotatable bonds is 3. The van der Waals surface area contributed by atoms with Crippen molar-refractivity contribution in [1.29, 1.82) is 0 Å². The van der Waals surface area contributed by atoms with E-state index in [-0.39, 0.29) is 17.1 Å². The monoisotopic (exact) mass is 314 g/mol. The second-order valence-corrected chi connectivity index (χ2v) is 4.93. The maximum Gasteiger partial charge on any atom is 0.292 e. The minimum Gasteiger partial charge on any atom is -0.451 e. The second kappa shape index (κ2) is 5.53. The first-order valence-electron chi connectivity index (χ1n) is 6.71. The zero-order valence-corrected chi connectivity index (χ0v) is 12.0. The first-order chi connectivity index (χ1) is 11.0. The molecule has 3 aromatic rings. The summed E-state index contributed by atoms with van der Waals surface area (Å²) in [6.07, 6.45) is 0. The van der Waals surface area contributed by atoms with Crippen LogP contribution in [0.5, 0.6) is 0 Å². The fourth-order valence-corrected chi connectivity index (χ4v) is 2.33. The molecule has 6 nitrogen and oxygen atoms in total. The van der Waals surface area contributed by atoms with E-state index in [1.165, 1.54) is 36.4 Å². The van der Waals surface area contributed by atoms with Crippen molar-refractivity contribution in [2.24, 2.45) is 0 Å². The Morgan fingerprint density at radius 1 is 1.26 bits per heavy atom. The van der Waals surface area contributed by atoms with E-state index in [9.17, 15) is 19.3 Å². The van der Waals surface area contributed by atoms with Crippen molar-refractivity contribution in [2.75, 3.05) is 5.32 Å². The standard InChI is InChI=1S/C16H11FN2O4/c1-9-11-8-10(17)6-7-14(11)23-15(9)16(20)18-12-4-2-3-5-13(12)19(21)22/h2-8H,1H3,(H,18,20). The van der Waals surface area contributed by atoms with Crippen molar-refractivity contribution in [3.8, 4) is 0 Å². The molecule has 0 saturated heterocycles. The van der Waals surface area contributed by atoms with Gasteiger partial charge in [-0.1, -0.05) is 12.1 Å². The number of aryl methyl sites for hydroxylation is 1. The van der Waals surface area contributed by atoms with Gasteiger partial charge in [-0.25, -0.2) is 4.39 Å². The highest BCUT2D eigenvalue weighted by atomic mass is 19.1. The molecule has 0 fully saturated rings. The number of hydrogen-bond donors (Lipinski definition) is 1. The fraction of sp³-hybridized carbons (Fsp3) is 0.0625. The molecule has 23 heavy (non-hydrogen) atoms. The molecule has 0 unspecified atom stereocenters. The molecule has 0 aliphatic carbocycles. The van der Waals surface area contributed by atoms with Crippen LogP contribution in [0.2, 0.25) is 0 Å². The summed E-state index contributed by atoms with van der Waals surface area (Å²) in [7, 11) is 0. The molecule has 0 aliphatic rings. The number of nitro groups is 1. The average molecular weight is 314 g/mol. The molecule has 0 spiro atoms. The summed E-state index contributed by atoms with van der Waals surface area (Å²) < 4.78 is 18.7. The number of benzene rings is 2. The molecule has 3 rings (SSSR count). The van der Waals surface area contributed by atoms with Crippen LogP contribution in [0.25, 0.3) is 11.0 Å². The van der Waals surface area contributed by atoms with Gasteiger partial charge in [-0.2, -0.15) is 0 Å². The van der Waals surface area contributed by atoms with Gasteiger partial charge in [0.1, 0.15) is 17.1 Å². The van der Waals surface area contributed by atoms with Gasteiger partial charge in [0, 0.05) is 17.0 Å². The zero-order valence-electron chi connectivity index (χ0n) is 12.0. The molecule has 2 aromatic carbocycles. The minimum absolute atomic E-state index is 0.0104. The van der Waals surface area contributed by atoms with Crippen LogP contribution in [0.4, 0.5) is 15.8 Å². The molecule has 1 N–H and O–H groups in total. The lowest BCUT2D eigenvalue weighted by Crippen LogP contribution is -2.13. The van der Waals surface area contributed by atoms with E-state index in [0.717, 1.165) is 0 Å². The summed E-state index contributed by atoms with van der Waals surface area (Å²) in [5.74, 6) is -1.08. The number of nitro benzene ring substituents is 1. The summed E-state index contributed by atoms with van der Waals surface area (Å²) in [6, 6.07) is 9.72. The number of nitrogens with one attached hydrogen (secondary N) is 1. The van der Waals surface area contributed by atoms with Crippen LogP contribution in [0.1, 0.15) is 16.1 Å². The van der Waals surface area contributed by atoms with Crippen molar-refractivity contribution in [3.05, 3.63) is 69.7 Å². The number of amides is 1. The highest BCUT2D eigenvalue weighted by molar-refractivity contribution is 6.07. The number of carbonyl (C=O) groups excluding carboxylic acids is 1. The lowest BCUT2D eigenvalue weighted by atomic mass is 10.1. The minimum atomic E-state index is -0.631. The molecule has 0 radical (unpaired) electrons. The molecule has 116 valence electrons.